The maximum absolute atomic E-state index is 12.0. The number of carbonyl (C=O) groups is 2. The van der Waals surface area contributed by atoms with Crippen LogP contribution in [-0.2, 0) is 4.79 Å². The lowest BCUT2D eigenvalue weighted by molar-refractivity contribution is -0.124. The fraction of sp³-hybridized carbons (Fsp3) is 0.364. The molecule has 0 aliphatic carbocycles. The summed E-state index contributed by atoms with van der Waals surface area (Å²) < 4.78 is 0. The summed E-state index contributed by atoms with van der Waals surface area (Å²) in [5.41, 5.74) is 2.37. The van der Waals surface area contributed by atoms with Crippen LogP contribution < -0.4 is 21.9 Å². The van der Waals surface area contributed by atoms with Gasteiger partial charge in [-0.3, -0.25) is 9.59 Å². The molecule has 1 aliphatic heterocycles. The molecule has 19 heavy (non-hydrogen) atoms. The highest BCUT2D eigenvalue weighted by Gasteiger charge is 2.25. The van der Waals surface area contributed by atoms with Crippen molar-refractivity contribution in [2.75, 3.05) is 12.0 Å². The van der Waals surface area contributed by atoms with E-state index in [4.69, 9.17) is 17.4 Å². The Morgan fingerprint density at radius 2 is 2.32 bits per heavy atom. The first-order valence-corrected chi connectivity index (χ1v) is 6.21. The molecule has 1 fully saturated rings. The lowest BCUT2D eigenvalue weighted by Gasteiger charge is -2.22. The molecule has 0 spiro atoms. The minimum atomic E-state index is -0.548. The zero-order chi connectivity index (χ0) is 13.8. The number of nitrogen functional groups attached to an aromatic ring is 1. The third-order valence-electron chi connectivity index (χ3n) is 2.80. The van der Waals surface area contributed by atoms with Crippen molar-refractivity contribution >= 4 is 29.2 Å². The quantitative estimate of drug-likeness (QED) is 0.462. The molecule has 1 atom stereocenters. The van der Waals surface area contributed by atoms with E-state index >= 15 is 0 Å². The van der Waals surface area contributed by atoms with E-state index in [0.29, 0.717) is 18.8 Å². The van der Waals surface area contributed by atoms with Gasteiger partial charge in [0.1, 0.15) is 17.6 Å². The molecule has 2 amide bonds. The van der Waals surface area contributed by atoms with E-state index in [-0.39, 0.29) is 16.6 Å². The number of aromatic nitrogens is 1. The lowest BCUT2D eigenvalue weighted by Crippen LogP contribution is -2.50. The number of halogens is 1. The molecule has 1 aromatic rings. The van der Waals surface area contributed by atoms with E-state index < -0.39 is 11.9 Å². The Kier molecular flexibility index (Phi) is 4.18. The van der Waals surface area contributed by atoms with E-state index in [1.807, 2.05) is 0 Å². The molecule has 0 aromatic carbocycles. The summed E-state index contributed by atoms with van der Waals surface area (Å²) in [7, 11) is 0. The van der Waals surface area contributed by atoms with Crippen LogP contribution in [0.25, 0.3) is 0 Å². The molecular weight excluding hydrogens is 270 g/mol. The Hall–Kier alpha value is -1.86. The molecule has 2 heterocycles. The van der Waals surface area contributed by atoms with Crippen molar-refractivity contribution in [1.82, 2.24) is 15.6 Å². The van der Waals surface area contributed by atoms with Crippen molar-refractivity contribution in [2.45, 2.75) is 18.9 Å². The van der Waals surface area contributed by atoms with Gasteiger partial charge in [0.15, 0.2) is 0 Å². The number of piperidine rings is 1. The minimum absolute atomic E-state index is 0.0375. The number of nitrogens with one attached hydrogen (secondary N) is 3. The van der Waals surface area contributed by atoms with Gasteiger partial charge in [0, 0.05) is 6.54 Å². The van der Waals surface area contributed by atoms with Crippen LogP contribution >= 0.6 is 11.6 Å². The maximum Gasteiger partial charge on any atom is 0.272 e. The number of amides is 2. The summed E-state index contributed by atoms with van der Waals surface area (Å²) >= 11 is 5.91. The van der Waals surface area contributed by atoms with Gasteiger partial charge in [-0.2, -0.15) is 0 Å². The number of carbonyl (C=O) groups excluding carboxylic acids is 2. The molecule has 5 N–H and O–H groups in total. The fourth-order valence-electron chi connectivity index (χ4n) is 1.82. The Morgan fingerprint density at radius 1 is 1.53 bits per heavy atom. The Morgan fingerprint density at radius 3 is 3.00 bits per heavy atom. The molecule has 1 aliphatic rings. The van der Waals surface area contributed by atoms with E-state index in [1.165, 1.54) is 6.07 Å². The topological polar surface area (TPSA) is 109 Å². The van der Waals surface area contributed by atoms with Crippen LogP contribution in [0.5, 0.6) is 0 Å². The molecule has 0 saturated carbocycles. The Balaban J connectivity index is 2.13. The van der Waals surface area contributed by atoms with Crippen molar-refractivity contribution in [1.29, 1.82) is 0 Å². The largest absolute Gasteiger partial charge is 0.354 e. The van der Waals surface area contributed by atoms with Gasteiger partial charge in [0.25, 0.3) is 5.91 Å². The summed E-state index contributed by atoms with van der Waals surface area (Å²) in [5, 5.41) is 5.50. The highest BCUT2D eigenvalue weighted by Crippen LogP contribution is 2.16. The number of rotatable bonds is 3. The van der Waals surface area contributed by atoms with Gasteiger partial charge in [0.05, 0.1) is 5.02 Å². The van der Waals surface area contributed by atoms with E-state index in [1.54, 1.807) is 6.07 Å². The summed E-state index contributed by atoms with van der Waals surface area (Å²) in [6, 6.07) is 2.51. The monoisotopic (exact) mass is 283 g/mol. The molecule has 102 valence electrons. The van der Waals surface area contributed by atoms with Crippen LogP contribution in [0.1, 0.15) is 23.3 Å². The summed E-state index contributed by atoms with van der Waals surface area (Å²) in [6.45, 7) is 0.636. The van der Waals surface area contributed by atoms with Crippen LogP contribution in [0.2, 0.25) is 5.02 Å². The first-order chi connectivity index (χ1) is 9.11. The molecule has 1 unspecified atom stereocenters. The normalized spacial score (nSPS) is 18.6. The summed E-state index contributed by atoms with van der Waals surface area (Å²) in [6.07, 6.45) is 1.42. The average Bonchev–Trinajstić information content (AvgIpc) is 2.42. The third kappa shape index (κ3) is 3.12. The second-order valence-electron chi connectivity index (χ2n) is 4.13. The number of anilines is 1. The molecule has 1 saturated heterocycles. The number of pyridine rings is 1. The van der Waals surface area contributed by atoms with E-state index in [2.05, 4.69) is 21.0 Å². The molecule has 7 nitrogen and oxygen atoms in total. The van der Waals surface area contributed by atoms with Crippen LogP contribution in [0.4, 0.5) is 5.82 Å². The Labute approximate surface area is 114 Å². The smallest absolute Gasteiger partial charge is 0.272 e. The van der Waals surface area contributed by atoms with Crippen LogP contribution in [0.15, 0.2) is 12.1 Å². The van der Waals surface area contributed by atoms with E-state index in [0.717, 1.165) is 6.42 Å². The molecule has 0 radical (unpaired) electrons. The van der Waals surface area contributed by atoms with Gasteiger partial charge in [-0.05, 0) is 25.0 Å². The molecule has 1 aromatic heterocycles. The van der Waals surface area contributed by atoms with Crippen molar-refractivity contribution in [2.24, 2.45) is 5.84 Å². The second kappa shape index (κ2) is 5.85. The first-order valence-electron chi connectivity index (χ1n) is 5.83. The average molecular weight is 284 g/mol. The number of hydrogen-bond donors (Lipinski definition) is 4. The molecule has 8 heteroatoms. The van der Waals surface area contributed by atoms with Gasteiger partial charge >= 0.3 is 0 Å². The van der Waals surface area contributed by atoms with Gasteiger partial charge in [-0.1, -0.05) is 11.6 Å². The van der Waals surface area contributed by atoms with Crippen LogP contribution in [0, 0.1) is 0 Å². The Bertz CT molecular complexity index is 508. The predicted octanol–water partition coefficient (Wildman–Crippen LogP) is 0.0290. The second-order valence-corrected chi connectivity index (χ2v) is 4.54. The van der Waals surface area contributed by atoms with Crippen molar-refractivity contribution in [3.8, 4) is 0 Å². The zero-order valence-electron chi connectivity index (χ0n) is 10.1. The van der Waals surface area contributed by atoms with Gasteiger partial charge < -0.3 is 16.1 Å². The zero-order valence-corrected chi connectivity index (χ0v) is 10.8. The van der Waals surface area contributed by atoms with Crippen molar-refractivity contribution in [3.63, 3.8) is 0 Å². The number of nitrogens with zero attached hydrogens (tertiary/aromatic N) is 1. The summed E-state index contributed by atoms with van der Waals surface area (Å²) in [4.78, 5) is 27.6. The van der Waals surface area contributed by atoms with Gasteiger partial charge in [0.2, 0.25) is 5.91 Å². The van der Waals surface area contributed by atoms with Crippen LogP contribution in [-0.4, -0.2) is 29.4 Å². The number of hydrazine groups is 1. The predicted molar refractivity (Wildman–Crippen MR) is 70.6 cm³/mol. The fourth-order valence-corrected chi connectivity index (χ4v) is 2.01. The SMILES string of the molecule is NNc1ccc(Cl)c(C(=O)NC2CCCNC2=O)n1. The molecular formula is C11H14ClN5O2. The number of nitrogens with two attached hydrogens (primary N) is 1. The van der Waals surface area contributed by atoms with Crippen molar-refractivity contribution < 1.29 is 9.59 Å². The highest BCUT2D eigenvalue weighted by molar-refractivity contribution is 6.33. The highest BCUT2D eigenvalue weighted by atomic mass is 35.5. The molecule has 2 rings (SSSR count). The van der Waals surface area contributed by atoms with Gasteiger partial charge in [-0.25, -0.2) is 10.8 Å². The number of hydrogen-bond acceptors (Lipinski definition) is 5. The lowest BCUT2D eigenvalue weighted by atomic mass is 10.1. The molecule has 0 bridgehead atoms. The van der Waals surface area contributed by atoms with Crippen molar-refractivity contribution in [3.05, 3.63) is 22.8 Å². The maximum atomic E-state index is 12.0. The minimum Gasteiger partial charge on any atom is -0.354 e. The van der Waals surface area contributed by atoms with E-state index in [9.17, 15) is 9.59 Å². The third-order valence-corrected chi connectivity index (χ3v) is 3.10. The summed E-state index contributed by atoms with van der Waals surface area (Å²) in [5.74, 6) is 4.86. The first kappa shape index (κ1) is 13.6. The van der Waals surface area contributed by atoms with Crippen LogP contribution in [0.3, 0.4) is 0 Å². The van der Waals surface area contributed by atoms with Gasteiger partial charge in [-0.15, -0.1) is 0 Å². The standard InChI is InChI=1S/C11H14ClN5O2/c12-6-3-4-8(17-13)16-9(6)11(19)15-7-2-1-5-14-10(7)18/h3-4,7H,1-2,5,13H2,(H,14,18)(H,15,19)(H,16,17).